The maximum Gasteiger partial charge on any atom is 0.138 e. The minimum Gasteiger partial charge on any atom is -0.309 e. The molecule has 0 saturated carbocycles. The van der Waals surface area contributed by atoms with Crippen molar-refractivity contribution in [2.24, 2.45) is 7.05 Å². The lowest BCUT2D eigenvalue weighted by molar-refractivity contribution is 0.474. The number of likely N-dealkylation sites (N-methyl/N-ethyl adjacent to an activating group) is 1. The molecule has 2 rings (SSSR count). The molecule has 2 heterocycles. The van der Waals surface area contributed by atoms with Gasteiger partial charge in [0.05, 0.1) is 17.4 Å². The van der Waals surface area contributed by atoms with E-state index in [1.54, 1.807) is 6.33 Å². The highest BCUT2D eigenvalue weighted by molar-refractivity contribution is 5.16. The van der Waals surface area contributed by atoms with Crippen LogP contribution in [0.25, 0.3) is 0 Å². The molecule has 0 saturated heterocycles. The molecule has 20 heavy (non-hydrogen) atoms. The summed E-state index contributed by atoms with van der Waals surface area (Å²) in [4.78, 5) is 4.33. The lowest BCUT2D eigenvalue weighted by Gasteiger charge is -2.18. The second-order valence-electron chi connectivity index (χ2n) is 4.84. The SMILES string of the molecule is CCNC(Cc1ncnn1C)c1cc(CC)nn1CC. The van der Waals surface area contributed by atoms with Gasteiger partial charge in [-0.3, -0.25) is 9.36 Å². The Hall–Kier alpha value is -1.69. The molecule has 0 spiro atoms. The predicted molar refractivity (Wildman–Crippen MR) is 78.4 cm³/mol. The summed E-state index contributed by atoms with van der Waals surface area (Å²) in [6, 6.07) is 2.42. The van der Waals surface area contributed by atoms with E-state index in [0.29, 0.717) is 0 Å². The standard InChI is InChI=1S/C14H24N6/c1-5-11-8-13(20(7-3)18-11)12(15-6-2)9-14-16-10-17-19(14)4/h8,10,12,15H,5-7,9H2,1-4H3. The highest BCUT2D eigenvalue weighted by Gasteiger charge is 2.19. The molecule has 2 aromatic heterocycles. The summed E-state index contributed by atoms with van der Waals surface area (Å²) in [5.41, 5.74) is 2.37. The van der Waals surface area contributed by atoms with Gasteiger partial charge in [0.1, 0.15) is 12.2 Å². The van der Waals surface area contributed by atoms with E-state index in [0.717, 1.165) is 37.4 Å². The number of hydrogen-bond acceptors (Lipinski definition) is 4. The third-order valence-corrected chi connectivity index (χ3v) is 3.52. The van der Waals surface area contributed by atoms with Crippen LogP contribution >= 0.6 is 0 Å². The Labute approximate surface area is 120 Å². The van der Waals surface area contributed by atoms with E-state index in [9.17, 15) is 0 Å². The fraction of sp³-hybridized carbons (Fsp3) is 0.643. The van der Waals surface area contributed by atoms with E-state index in [-0.39, 0.29) is 6.04 Å². The van der Waals surface area contributed by atoms with Crippen molar-refractivity contribution in [2.75, 3.05) is 6.54 Å². The fourth-order valence-corrected chi connectivity index (χ4v) is 2.41. The van der Waals surface area contributed by atoms with Gasteiger partial charge in [0.25, 0.3) is 0 Å². The molecule has 0 aromatic carbocycles. The van der Waals surface area contributed by atoms with Crippen molar-refractivity contribution in [3.63, 3.8) is 0 Å². The highest BCUT2D eigenvalue weighted by atomic mass is 15.3. The van der Waals surface area contributed by atoms with Gasteiger partial charge in [0.15, 0.2) is 0 Å². The summed E-state index contributed by atoms with van der Waals surface area (Å²) >= 11 is 0. The molecule has 0 aliphatic rings. The fourth-order valence-electron chi connectivity index (χ4n) is 2.41. The monoisotopic (exact) mass is 276 g/mol. The molecule has 6 heteroatoms. The number of rotatable bonds is 7. The van der Waals surface area contributed by atoms with Crippen molar-refractivity contribution in [3.8, 4) is 0 Å². The zero-order valence-corrected chi connectivity index (χ0v) is 12.8. The average Bonchev–Trinajstić information content (AvgIpc) is 3.04. The van der Waals surface area contributed by atoms with Crippen molar-refractivity contribution in [1.29, 1.82) is 0 Å². The summed E-state index contributed by atoms with van der Waals surface area (Å²) in [6.07, 6.45) is 3.38. The number of aromatic nitrogens is 5. The molecule has 6 nitrogen and oxygen atoms in total. The first kappa shape index (κ1) is 14.7. The summed E-state index contributed by atoms with van der Waals surface area (Å²) in [5, 5.41) is 12.3. The van der Waals surface area contributed by atoms with Crippen molar-refractivity contribution < 1.29 is 0 Å². The van der Waals surface area contributed by atoms with Crippen LogP contribution in [0.1, 0.15) is 44.0 Å². The predicted octanol–water partition coefficient (Wildman–Crippen LogP) is 1.49. The van der Waals surface area contributed by atoms with Gasteiger partial charge in [0.2, 0.25) is 0 Å². The number of nitrogens with zero attached hydrogens (tertiary/aromatic N) is 5. The summed E-state index contributed by atoms with van der Waals surface area (Å²) in [6.45, 7) is 8.18. The minimum atomic E-state index is 0.218. The van der Waals surface area contributed by atoms with E-state index < -0.39 is 0 Å². The second kappa shape index (κ2) is 6.65. The van der Waals surface area contributed by atoms with Crippen molar-refractivity contribution >= 4 is 0 Å². The van der Waals surface area contributed by atoms with E-state index in [4.69, 9.17) is 0 Å². The minimum absolute atomic E-state index is 0.218. The van der Waals surface area contributed by atoms with Crippen LogP contribution in [-0.2, 0) is 26.4 Å². The Bertz CT molecular complexity index is 542. The molecule has 1 atom stereocenters. The summed E-state index contributed by atoms with van der Waals surface area (Å²) in [5.74, 6) is 0.984. The lowest BCUT2D eigenvalue weighted by Crippen LogP contribution is -2.26. The molecule has 1 N–H and O–H groups in total. The van der Waals surface area contributed by atoms with Gasteiger partial charge in [0, 0.05) is 20.0 Å². The molecule has 0 aliphatic carbocycles. The number of nitrogens with one attached hydrogen (secondary N) is 1. The van der Waals surface area contributed by atoms with Crippen LogP contribution in [0.4, 0.5) is 0 Å². The van der Waals surface area contributed by atoms with E-state index in [1.165, 1.54) is 5.69 Å². The zero-order chi connectivity index (χ0) is 14.5. The molecule has 0 radical (unpaired) electrons. The summed E-state index contributed by atoms with van der Waals surface area (Å²) in [7, 11) is 1.93. The smallest absolute Gasteiger partial charge is 0.138 e. The molecule has 110 valence electrons. The Morgan fingerprint density at radius 1 is 1.30 bits per heavy atom. The van der Waals surface area contributed by atoms with Gasteiger partial charge >= 0.3 is 0 Å². The van der Waals surface area contributed by atoms with E-state index >= 15 is 0 Å². The first-order valence-electron chi connectivity index (χ1n) is 7.32. The van der Waals surface area contributed by atoms with Crippen LogP contribution in [0, 0.1) is 0 Å². The normalized spacial score (nSPS) is 12.8. The third kappa shape index (κ3) is 3.07. The highest BCUT2D eigenvalue weighted by Crippen LogP contribution is 2.19. The molecule has 2 aromatic rings. The Balaban J connectivity index is 2.28. The molecule has 1 unspecified atom stereocenters. The summed E-state index contributed by atoms with van der Waals surface area (Å²) < 4.78 is 3.92. The van der Waals surface area contributed by atoms with Crippen molar-refractivity contribution in [2.45, 2.75) is 46.2 Å². The van der Waals surface area contributed by atoms with Crippen LogP contribution in [0.5, 0.6) is 0 Å². The average molecular weight is 276 g/mol. The topological polar surface area (TPSA) is 60.6 Å². The maximum absolute atomic E-state index is 4.64. The number of aryl methyl sites for hydroxylation is 3. The van der Waals surface area contributed by atoms with Crippen LogP contribution in [0.2, 0.25) is 0 Å². The van der Waals surface area contributed by atoms with Crippen molar-refractivity contribution in [3.05, 3.63) is 29.6 Å². The van der Waals surface area contributed by atoms with Gasteiger partial charge in [-0.1, -0.05) is 13.8 Å². The molecule has 0 aliphatic heterocycles. The Kier molecular flexibility index (Phi) is 4.89. The zero-order valence-electron chi connectivity index (χ0n) is 12.8. The van der Waals surface area contributed by atoms with Crippen molar-refractivity contribution in [1.82, 2.24) is 29.9 Å². The van der Waals surface area contributed by atoms with Gasteiger partial charge < -0.3 is 5.32 Å². The van der Waals surface area contributed by atoms with Crippen LogP contribution in [0.15, 0.2) is 12.4 Å². The van der Waals surface area contributed by atoms with Gasteiger partial charge in [-0.25, -0.2) is 4.98 Å². The van der Waals surface area contributed by atoms with E-state index in [2.05, 4.69) is 52.0 Å². The molecular weight excluding hydrogens is 252 g/mol. The first-order chi connectivity index (χ1) is 9.69. The van der Waals surface area contributed by atoms with Crippen LogP contribution < -0.4 is 5.32 Å². The van der Waals surface area contributed by atoms with E-state index in [1.807, 2.05) is 11.7 Å². The quantitative estimate of drug-likeness (QED) is 0.832. The molecule has 0 amide bonds. The Morgan fingerprint density at radius 3 is 2.65 bits per heavy atom. The Morgan fingerprint density at radius 2 is 2.10 bits per heavy atom. The second-order valence-corrected chi connectivity index (χ2v) is 4.84. The van der Waals surface area contributed by atoms with Gasteiger partial charge in [-0.15, -0.1) is 0 Å². The van der Waals surface area contributed by atoms with Gasteiger partial charge in [-0.2, -0.15) is 10.2 Å². The van der Waals surface area contributed by atoms with Gasteiger partial charge in [-0.05, 0) is 26.0 Å². The third-order valence-electron chi connectivity index (χ3n) is 3.52. The molecular formula is C14H24N6. The van der Waals surface area contributed by atoms with Crippen LogP contribution in [0.3, 0.4) is 0 Å². The molecule has 0 fully saturated rings. The van der Waals surface area contributed by atoms with Crippen LogP contribution in [-0.4, -0.2) is 31.1 Å². The number of hydrogen-bond donors (Lipinski definition) is 1. The lowest BCUT2D eigenvalue weighted by atomic mass is 10.1. The molecule has 0 bridgehead atoms. The largest absolute Gasteiger partial charge is 0.309 e. The maximum atomic E-state index is 4.64. The first-order valence-corrected chi connectivity index (χ1v) is 7.32.